The molecule has 2 heteroatoms. The second-order valence-electron chi connectivity index (χ2n) is 2.18. The molecule has 0 bridgehead atoms. The molecule has 0 aliphatic rings. The van der Waals surface area contributed by atoms with Crippen LogP contribution in [0.25, 0.3) is 0 Å². The Balaban J connectivity index is 0. The quantitative estimate of drug-likeness (QED) is 0.563. The van der Waals surface area contributed by atoms with Crippen LogP contribution in [0.1, 0.15) is 33.6 Å². The van der Waals surface area contributed by atoms with Crippen molar-refractivity contribution in [2.24, 2.45) is 0 Å². The molecule has 0 unspecified atom stereocenters. The van der Waals surface area contributed by atoms with E-state index >= 15 is 0 Å². The molecule has 0 atom stereocenters. The van der Waals surface area contributed by atoms with Gasteiger partial charge in [0.05, 0.1) is 12.5 Å². The molecule has 12 heavy (non-hydrogen) atoms. The summed E-state index contributed by atoms with van der Waals surface area (Å²) in [4.78, 5) is 0. The standard InChI is InChI=1S/C6H10O.C4H9.Sn/c1-3-5-7-6-4-2;1-3-4-2;/h3-6H,1-2H3;1,3-4H2,2H3;. The van der Waals surface area contributed by atoms with Crippen molar-refractivity contribution in [2.45, 2.75) is 38.0 Å². The van der Waals surface area contributed by atoms with E-state index in [2.05, 4.69) is 6.92 Å². The first-order valence-corrected chi connectivity index (χ1v) is 6.37. The van der Waals surface area contributed by atoms with E-state index in [1.807, 2.05) is 26.0 Å². The average Bonchev–Trinajstić information content (AvgIpc) is 2.08. The Morgan fingerprint density at radius 1 is 1.17 bits per heavy atom. The third kappa shape index (κ3) is 22.5. The van der Waals surface area contributed by atoms with Gasteiger partial charge in [-0.25, -0.2) is 0 Å². The summed E-state index contributed by atoms with van der Waals surface area (Å²) in [5, 5.41) is 0. The fraction of sp³-hybridized carbons (Fsp3) is 0.600. The molecule has 0 spiro atoms. The van der Waals surface area contributed by atoms with Gasteiger partial charge in [0, 0.05) is 0 Å². The number of rotatable bonds is 4. The Bertz CT molecular complexity index is 96.4. The molecule has 0 rings (SSSR count). The van der Waals surface area contributed by atoms with Gasteiger partial charge in [0.2, 0.25) is 0 Å². The zero-order chi connectivity index (χ0) is 9.66. The molecule has 0 heterocycles. The van der Waals surface area contributed by atoms with E-state index in [9.17, 15) is 0 Å². The van der Waals surface area contributed by atoms with Gasteiger partial charge < -0.3 is 4.74 Å². The summed E-state index contributed by atoms with van der Waals surface area (Å²) in [5.41, 5.74) is 0. The van der Waals surface area contributed by atoms with Crippen LogP contribution in [0.2, 0.25) is 4.44 Å². The molecule has 69 valence electrons. The van der Waals surface area contributed by atoms with E-state index in [0.29, 0.717) is 0 Å². The Morgan fingerprint density at radius 3 is 1.83 bits per heavy atom. The molecule has 1 nitrogen and oxygen atoms in total. The number of hydrogen-bond acceptors (Lipinski definition) is 1. The zero-order valence-corrected chi connectivity index (χ0v) is 11.2. The Labute approximate surface area is 90.0 Å². The maximum absolute atomic E-state index is 4.77. The topological polar surface area (TPSA) is 9.23 Å². The summed E-state index contributed by atoms with van der Waals surface area (Å²) in [6.07, 6.45) is 9.71. The first kappa shape index (κ1) is 14.6. The van der Waals surface area contributed by atoms with Crippen molar-refractivity contribution < 1.29 is 4.74 Å². The molecular weight excluding hydrogens is 255 g/mol. The maximum atomic E-state index is 4.77. The van der Waals surface area contributed by atoms with Crippen molar-refractivity contribution >= 4 is 22.5 Å². The van der Waals surface area contributed by atoms with Crippen LogP contribution in [-0.4, -0.2) is 22.5 Å². The minimum atomic E-state index is 1.37. The van der Waals surface area contributed by atoms with Crippen LogP contribution in [0.3, 0.4) is 0 Å². The predicted octanol–water partition coefficient (Wildman–Crippen LogP) is 3.44. The first-order chi connectivity index (χ1) is 5.83. The van der Waals surface area contributed by atoms with Gasteiger partial charge in [-0.15, -0.1) is 0 Å². The predicted molar refractivity (Wildman–Crippen MR) is 56.2 cm³/mol. The summed E-state index contributed by atoms with van der Waals surface area (Å²) < 4.78 is 6.20. The van der Waals surface area contributed by atoms with Gasteiger partial charge >= 0.3 is 46.7 Å². The molecule has 0 aromatic heterocycles. The molecule has 0 aromatic rings. The van der Waals surface area contributed by atoms with E-state index < -0.39 is 0 Å². The second kappa shape index (κ2) is 17.2. The van der Waals surface area contributed by atoms with Gasteiger partial charge in [0.25, 0.3) is 0 Å². The second-order valence-corrected chi connectivity index (χ2v) is 3.61. The van der Waals surface area contributed by atoms with Gasteiger partial charge in [0.1, 0.15) is 0 Å². The first-order valence-electron chi connectivity index (χ1n) is 4.35. The van der Waals surface area contributed by atoms with Crippen LogP contribution in [0.5, 0.6) is 0 Å². The summed E-state index contributed by atoms with van der Waals surface area (Å²) in [5.74, 6) is 0. The zero-order valence-electron chi connectivity index (χ0n) is 8.34. The van der Waals surface area contributed by atoms with Crippen molar-refractivity contribution in [3.05, 3.63) is 24.7 Å². The van der Waals surface area contributed by atoms with Crippen LogP contribution in [0.4, 0.5) is 0 Å². The van der Waals surface area contributed by atoms with Crippen molar-refractivity contribution in [3.63, 3.8) is 0 Å². The summed E-state index contributed by atoms with van der Waals surface area (Å²) in [6.45, 7) is 6.04. The van der Waals surface area contributed by atoms with Crippen molar-refractivity contribution in [3.8, 4) is 0 Å². The summed E-state index contributed by atoms with van der Waals surface area (Å²) >= 11 is 1.68. The Morgan fingerprint density at radius 2 is 1.67 bits per heavy atom. The Hall–Kier alpha value is 0.0787. The molecule has 0 aliphatic carbocycles. The van der Waals surface area contributed by atoms with Gasteiger partial charge in [0.15, 0.2) is 0 Å². The molecule has 0 aromatic carbocycles. The van der Waals surface area contributed by atoms with Gasteiger partial charge in [-0.3, -0.25) is 0 Å². The van der Waals surface area contributed by atoms with Crippen molar-refractivity contribution in [1.82, 2.24) is 0 Å². The van der Waals surface area contributed by atoms with Crippen LogP contribution in [-0.2, 0) is 4.74 Å². The van der Waals surface area contributed by atoms with Crippen LogP contribution in [0, 0.1) is 0 Å². The van der Waals surface area contributed by atoms with E-state index in [1.54, 1.807) is 35.0 Å². The number of allylic oxidation sites excluding steroid dienone is 2. The number of hydrogen-bond donors (Lipinski definition) is 0. The van der Waals surface area contributed by atoms with Gasteiger partial charge in [-0.2, -0.15) is 0 Å². The molecule has 0 saturated carbocycles. The molecule has 0 aliphatic heterocycles. The van der Waals surface area contributed by atoms with Crippen LogP contribution < -0.4 is 0 Å². The molecule has 3 radical (unpaired) electrons. The molecular formula is C10H19OSn. The molecule has 0 saturated heterocycles. The summed E-state index contributed by atoms with van der Waals surface area (Å²) in [6, 6.07) is 0. The third-order valence-corrected chi connectivity index (χ3v) is 1.97. The normalized spacial score (nSPS) is 10.0. The van der Waals surface area contributed by atoms with Gasteiger partial charge in [-0.05, 0) is 13.8 Å². The molecule has 0 fully saturated rings. The number of ether oxygens (including phenoxy) is 1. The van der Waals surface area contributed by atoms with E-state index in [1.165, 1.54) is 17.3 Å². The third-order valence-electron chi connectivity index (χ3n) is 0.960. The van der Waals surface area contributed by atoms with Crippen molar-refractivity contribution in [1.29, 1.82) is 0 Å². The van der Waals surface area contributed by atoms with E-state index in [-0.39, 0.29) is 0 Å². The van der Waals surface area contributed by atoms with Crippen molar-refractivity contribution in [2.75, 3.05) is 0 Å². The van der Waals surface area contributed by atoms with Crippen LogP contribution >= 0.6 is 0 Å². The molecule has 0 amide bonds. The molecule has 0 N–H and O–H groups in total. The fourth-order valence-corrected chi connectivity index (χ4v) is 1.39. The number of unbranched alkanes of at least 4 members (excludes halogenated alkanes) is 1. The van der Waals surface area contributed by atoms with Gasteiger partial charge in [-0.1, -0.05) is 12.2 Å². The minimum absolute atomic E-state index is 1.37. The SMILES string of the molecule is CC=COC=CC.CCC[CH2][Sn]. The summed E-state index contributed by atoms with van der Waals surface area (Å²) in [7, 11) is 0. The Kier molecular flexibility index (Phi) is 21.0. The van der Waals surface area contributed by atoms with E-state index in [4.69, 9.17) is 4.74 Å². The van der Waals surface area contributed by atoms with E-state index in [0.717, 1.165) is 0 Å². The van der Waals surface area contributed by atoms with Crippen LogP contribution in [0.15, 0.2) is 24.7 Å². The average molecular weight is 274 g/mol. The monoisotopic (exact) mass is 275 g/mol. The fourth-order valence-electron chi connectivity index (χ4n) is 0.379.